The molecule has 2 aromatic carbocycles. The minimum atomic E-state index is 0. The number of aryl methyl sites for hydroxylation is 2. The summed E-state index contributed by atoms with van der Waals surface area (Å²) in [6.45, 7) is 9.17. The van der Waals surface area contributed by atoms with Crippen LogP contribution in [0.4, 0.5) is 11.4 Å². The van der Waals surface area contributed by atoms with Crippen LogP contribution in [0.3, 0.4) is 0 Å². The van der Waals surface area contributed by atoms with Gasteiger partial charge < -0.3 is 0 Å². The van der Waals surface area contributed by atoms with Gasteiger partial charge in [0.25, 0.3) is 0 Å². The second-order valence-electron chi connectivity index (χ2n) is 20.4. The van der Waals surface area contributed by atoms with Crippen molar-refractivity contribution < 1.29 is 16.5 Å². The van der Waals surface area contributed by atoms with Gasteiger partial charge in [0.2, 0.25) is 0 Å². The minimum absolute atomic E-state index is 0. The molecule has 68 heavy (non-hydrogen) atoms. The van der Waals surface area contributed by atoms with Gasteiger partial charge in [-0.2, -0.15) is 0 Å². The quantitative estimate of drug-likeness (QED) is 0.0273. The molecule has 0 aromatic heterocycles. The van der Waals surface area contributed by atoms with Crippen molar-refractivity contribution in [3.05, 3.63) is 84.0 Å². The molecule has 3 heteroatoms. The smallest absolute Gasteiger partial charge is 0.0665 e. The maximum absolute atomic E-state index is 5.45. The summed E-state index contributed by atoms with van der Waals surface area (Å²) in [5.41, 5.74) is 7.35. The van der Waals surface area contributed by atoms with Crippen LogP contribution in [0.25, 0.3) is 0 Å². The third-order valence-electron chi connectivity index (χ3n) is 14.1. The summed E-state index contributed by atoms with van der Waals surface area (Å²) in [4.78, 5) is 10.8. The molecule has 390 valence electrons. The zero-order valence-corrected chi connectivity index (χ0v) is 46.5. The van der Waals surface area contributed by atoms with Gasteiger partial charge in [0, 0.05) is 16.5 Å². The zero-order chi connectivity index (χ0) is 47.8. The standard InChI is InChI=1S/C65H110N2.Ni/c1-5-9-12-14-16-18-20-22-24-26-28-30-32-34-36-38-40-42-44-47-53-60-55-49-51-57-63(60)66-62(8-4)65(59-46-11-7-3)67-64-58-52-50-56-61(64)54-48-45-43-41-39-37-35-33-31-29-27-25-23-21-19-17-15-13-10-6-2;/h40-43,49-52,55-58H,5-39,44-48,53-54,59H2,1-4H3;/b42-40+,43-41+,66-62+,67-65-;. The van der Waals surface area contributed by atoms with Crippen molar-refractivity contribution in [1.29, 1.82) is 0 Å². The Kier molecular flexibility index (Phi) is 46.6. The third kappa shape index (κ3) is 36.7. The Labute approximate surface area is 434 Å². The normalized spacial score (nSPS) is 12.2. The number of allylic oxidation sites excluding steroid dienone is 4. The maximum atomic E-state index is 5.45. The Balaban J connectivity index is 0.0000231. The van der Waals surface area contributed by atoms with Crippen LogP contribution in [-0.2, 0) is 29.3 Å². The number of hydrogen-bond acceptors (Lipinski definition) is 2. The van der Waals surface area contributed by atoms with E-state index in [0.717, 1.165) is 62.0 Å². The second kappa shape index (κ2) is 49.7. The molecule has 0 saturated carbocycles. The molecule has 0 unspecified atom stereocenters. The maximum Gasteiger partial charge on any atom is 0.0665 e. The monoisotopic (exact) mass is 977 g/mol. The molecule has 0 fully saturated rings. The average molecular weight is 978 g/mol. The third-order valence-corrected chi connectivity index (χ3v) is 14.1. The van der Waals surface area contributed by atoms with Gasteiger partial charge in [-0.15, -0.1) is 0 Å². The number of benzene rings is 2. The number of aliphatic imine (C=N–C) groups is 2. The summed E-state index contributed by atoms with van der Waals surface area (Å²) >= 11 is 0. The van der Waals surface area contributed by atoms with Crippen molar-refractivity contribution in [2.45, 2.75) is 304 Å². The molecule has 0 bridgehead atoms. The van der Waals surface area contributed by atoms with Gasteiger partial charge in [0.05, 0.1) is 22.8 Å². The molecule has 0 spiro atoms. The Hall–Kier alpha value is -2.25. The van der Waals surface area contributed by atoms with Crippen molar-refractivity contribution in [3.8, 4) is 0 Å². The largest absolute Gasteiger partial charge is 0.251 e. The predicted octanol–water partition coefficient (Wildman–Crippen LogP) is 22.8. The van der Waals surface area contributed by atoms with Crippen molar-refractivity contribution >= 4 is 22.8 Å². The van der Waals surface area contributed by atoms with E-state index in [1.165, 1.54) is 248 Å². The minimum Gasteiger partial charge on any atom is -0.251 e. The van der Waals surface area contributed by atoms with Gasteiger partial charge >= 0.3 is 0 Å². The van der Waals surface area contributed by atoms with E-state index in [4.69, 9.17) is 9.98 Å². The summed E-state index contributed by atoms with van der Waals surface area (Å²) in [5.74, 6) is 0. The fraction of sp³-hybridized carbons (Fsp3) is 0.723. The fourth-order valence-corrected chi connectivity index (χ4v) is 9.67. The van der Waals surface area contributed by atoms with Crippen LogP contribution in [0, 0.1) is 0 Å². The van der Waals surface area contributed by atoms with Crippen LogP contribution in [-0.4, -0.2) is 11.4 Å². The van der Waals surface area contributed by atoms with Gasteiger partial charge in [-0.3, -0.25) is 9.98 Å². The zero-order valence-electron chi connectivity index (χ0n) is 45.5. The molecular weight excluding hydrogens is 867 g/mol. The van der Waals surface area contributed by atoms with Crippen molar-refractivity contribution in [2.24, 2.45) is 9.98 Å². The molecular formula is C65H110N2Ni. The van der Waals surface area contributed by atoms with E-state index in [-0.39, 0.29) is 16.5 Å². The van der Waals surface area contributed by atoms with Crippen LogP contribution in [0.5, 0.6) is 0 Å². The Morgan fingerprint density at radius 3 is 0.941 bits per heavy atom. The first-order valence-electron chi connectivity index (χ1n) is 29.8. The number of hydrogen-bond donors (Lipinski definition) is 0. The van der Waals surface area contributed by atoms with E-state index in [1.54, 1.807) is 0 Å². The van der Waals surface area contributed by atoms with Crippen LogP contribution >= 0.6 is 0 Å². The van der Waals surface area contributed by atoms with E-state index < -0.39 is 0 Å². The Morgan fingerprint density at radius 1 is 0.324 bits per heavy atom. The molecule has 2 aromatic rings. The number of para-hydroxylation sites is 2. The van der Waals surface area contributed by atoms with Gasteiger partial charge in [0.1, 0.15) is 0 Å². The summed E-state index contributed by atoms with van der Waals surface area (Å²) in [6, 6.07) is 17.8. The van der Waals surface area contributed by atoms with E-state index >= 15 is 0 Å². The molecule has 0 saturated heterocycles. The Morgan fingerprint density at radius 2 is 0.603 bits per heavy atom. The fourth-order valence-electron chi connectivity index (χ4n) is 9.67. The van der Waals surface area contributed by atoms with Gasteiger partial charge in [-0.25, -0.2) is 0 Å². The predicted molar refractivity (Wildman–Crippen MR) is 305 cm³/mol. The molecule has 2 nitrogen and oxygen atoms in total. The molecule has 0 heterocycles. The molecule has 0 aliphatic heterocycles. The molecule has 0 atom stereocenters. The topological polar surface area (TPSA) is 24.7 Å². The van der Waals surface area contributed by atoms with Crippen molar-refractivity contribution in [1.82, 2.24) is 0 Å². The molecule has 0 N–H and O–H groups in total. The molecule has 0 aliphatic rings. The van der Waals surface area contributed by atoms with Crippen LogP contribution in [0.2, 0.25) is 0 Å². The van der Waals surface area contributed by atoms with Gasteiger partial charge in [0.15, 0.2) is 0 Å². The van der Waals surface area contributed by atoms with Crippen molar-refractivity contribution in [3.63, 3.8) is 0 Å². The molecule has 0 amide bonds. The average Bonchev–Trinajstić information content (AvgIpc) is 3.35. The number of rotatable bonds is 48. The number of nitrogens with zero attached hydrogens (tertiary/aromatic N) is 2. The van der Waals surface area contributed by atoms with Gasteiger partial charge in [-0.05, 0) is 107 Å². The first kappa shape index (κ1) is 63.8. The first-order valence-corrected chi connectivity index (χ1v) is 29.8. The SMILES string of the molecule is CCCCCCCCCCCCCCCCC/C=C/CCCc1ccccc1/N=C(CCCCC)\C(CC)=N\c1ccccc1CCC/C=C/CCCCCCCCCCCCCCCCC.[Ni]. The van der Waals surface area contributed by atoms with E-state index in [9.17, 15) is 0 Å². The second-order valence-corrected chi connectivity index (χ2v) is 20.4. The molecule has 2 rings (SSSR count). The summed E-state index contributed by atoms with van der Waals surface area (Å²) in [5, 5.41) is 0. The van der Waals surface area contributed by atoms with Crippen LogP contribution in [0.15, 0.2) is 82.8 Å². The summed E-state index contributed by atoms with van der Waals surface area (Å²) < 4.78 is 0. The van der Waals surface area contributed by atoms with Crippen LogP contribution in [0.1, 0.15) is 302 Å². The van der Waals surface area contributed by atoms with Crippen LogP contribution < -0.4 is 0 Å². The first-order chi connectivity index (χ1) is 33.2. The Bertz CT molecular complexity index is 1500. The van der Waals surface area contributed by atoms with Gasteiger partial charge in [-0.1, -0.05) is 281 Å². The molecule has 0 radical (unpaired) electrons. The van der Waals surface area contributed by atoms with E-state index in [1.807, 2.05) is 0 Å². The van der Waals surface area contributed by atoms with E-state index in [0.29, 0.717) is 0 Å². The summed E-state index contributed by atoms with van der Waals surface area (Å²) in [7, 11) is 0. The summed E-state index contributed by atoms with van der Waals surface area (Å²) in [6.07, 6.45) is 67.4. The number of unbranched alkanes of at least 4 members (excludes halogenated alkanes) is 34. The van der Waals surface area contributed by atoms with E-state index in [2.05, 4.69) is 101 Å². The molecule has 0 aliphatic carbocycles. The van der Waals surface area contributed by atoms with Crippen molar-refractivity contribution in [2.75, 3.05) is 0 Å².